The van der Waals surface area contributed by atoms with Crippen LogP contribution in [0.5, 0.6) is 11.5 Å². The molecule has 0 aromatic heterocycles. The van der Waals surface area contributed by atoms with Crippen LogP contribution < -0.4 is 9.47 Å². The molecule has 26 heavy (non-hydrogen) atoms. The molecule has 0 amide bonds. The maximum absolute atomic E-state index is 12.4. The van der Waals surface area contributed by atoms with Crippen molar-refractivity contribution in [3.8, 4) is 11.5 Å². The first kappa shape index (κ1) is 17.8. The van der Waals surface area contributed by atoms with E-state index in [4.69, 9.17) is 18.9 Å². The van der Waals surface area contributed by atoms with Crippen molar-refractivity contribution >= 4 is 11.9 Å². The lowest BCUT2D eigenvalue weighted by Gasteiger charge is -2.26. The zero-order valence-electron chi connectivity index (χ0n) is 14.7. The minimum atomic E-state index is -0.808. The second-order valence-corrected chi connectivity index (χ2v) is 5.80. The van der Waals surface area contributed by atoms with Gasteiger partial charge >= 0.3 is 11.9 Å². The van der Waals surface area contributed by atoms with Crippen LogP contribution in [0.1, 0.15) is 28.4 Å². The Labute approximate surface area is 151 Å². The van der Waals surface area contributed by atoms with Crippen molar-refractivity contribution < 1.29 is 28.5 Å². The molecule has 0 saturated carbocycles. The molecular weight excluding hydrogens is 336 g/mol. The lowest BCUT2D eigenvalue weighted by atomic mass is 10.1. The van der Waals surface area contributed by atoms with Crippen LogP contribution >= 0.6 is 0 Å². The lowest BCUT2D eigenvalue weighted by molar-refractivity contribution is -0.153. The van der Waals surface area contributed by atoms with Gasteiger partial charge in [0.05, 0.1) is 12.2 Å². The van der Waals surface area contributed by atoms with Gasteiger partial charge in [0.15, 0.2) is 11.5 Å². The molecule has 0 bridgehead atoms. The van der Waals surface area contributed by atoms with Crippen LogP contribution in [0.25, 0.3) is 0 Å². The summed E-state index contributed by atoms with van der Waals surface area (Å²) in [5.41, 5.74) is 1.93. The molecule has 0 spiro atoms. The third-order valence-electron chi connectivity index (χ3n) is 4.00. The molecule has 0 radical (unpaired) electrons. The molecule has 1 aliphatic rings. The monoisotopic (exact) mass is 356 g/mol. The number of carbonyl (C=O) groups is 2. The average molecular weight is 356 g/mol. The lowest BCUT2D eigenvalue weighted by Crippen LogP contribution is -2.38. The summed E-state index contributed by atoms with van der Waals surface area (Å²) in [4.78, 5) is 24.2. The number of fused-ring (bicyclic) bond motifs is 1. The van der Waals surface area contributed by atoms with E-state index in [-0.39, 0.29) is 19.8 Å². The zero-order chi connectivity index (χ0) is 18.5. The van der Waals surface area contributed by atoms with E-state index >= 15 is 0 Å². The van der Waals surface area contributed by atoms with Crippen molar-refractivity contribution in [1.82, 2.24) is 0 Å². The van der Waals surface area contributed by atoms with Crippen molar-refractivity contribution in [2.75, 3.05) is 13.2 Å². The summed E-state index contributed by atoms with van der Waals surface area (Å²) in [7, 11) is 0. The number of ether oxygens (including phenoxy) is 4. The summed E-state index contributed by atoms with van der Waals surface area (Å²) in [5, 5.41) is 0. The van der Waals surface area contributed by atoms with Crippen molar-refractivity contribution in [3.05, 3.63) is 59.2 Å². The van der Waals surface area contributed by atoms with Gasteiger partial charge in [0.2, 0.25) is 6.10 Å². The molecule has 0 aliphatic carbocycles. The Balaban J connectivity index is 1.71. The summed E-state index contributed by atoms with van der Waals surface area (Å²) in [5.74, 6) is -0.0569. The Morgan fingerprint density at radius 2 is 1.88 bits per heavy atom. The van der Waals surface area contributed by atoms with Crippen molar-refractivity contribution in [2.24, 2.45) is 0 Å². The van der Waals surface area contributed by atoms with E-state index in [0.717, 1.165) is 5.56 Å². The largest absolute Gasteiger partial charge is 0.485 e. The highest BCUT2D eigenvalue weighted by Gasteiger charge is 2.31. The molecule has 0 saturated heterocycles. The predicted octanol–water partition coefficient (Wildman–Crippen LogP) is 3.05. The fourth-order valence-corrected chi connectivity index (χ4v) is 2.66. The summed E-state index contributed by atoms with van der Waals surface area (Å²) in [6.07, 6.45) is -0.808. The van der Waals surface area contributed by atoms with E-state index in [0.29, 0.717) is 22.6 Å². The molecule has 3 rings (SSSR count). The molecule has 6 nitrogen and oxygen atoms in total. The van der Waals surface area contributed by atoms with Gasteiger partial charge in [0, 0.05) is 5.56 Å². The molecule has 1 atom stereocenters. The predicted molar refractivity (Wildman–Crippen MR) is 93.3 cm³/mol. The summed E-state index contributed by atoms with van der Waals surface area (Å²) in [6.45, 7) is 3.99. The van der Waals surface area contributed by atoms with Gasteiger partial charge in [-0.3, -0.25) is 0 Å². The first-order chi connectivity index (χ1) is 12.6. The highest BCUT2D eigenvalue weighted by atomic mass is 16.6. The smallest absolute Gasteiger partial charge is 0.350 e. The maximum Gasteiger partial charge on any atom is 0.350 e. The number of hydrogen-bond acceptors (Lipinski definition) is 6. The molecular formula is C20H20O6. The van der Waals surface area contributed by atoms with Gasteiger partial charge in [-0.25, -0.2) is 9.59 Å². The number of carbonyl (C=O) groups excluding carboxylic acids is 2. The van der Waals surface area contributed by atoms with Gasteiger partial charge < -0.3 is 18.9 Å². The van der Waals surface area contributed by atoms with Crippen molar-refractivity contribution in [2.45, 2.75) is 26.6 Å². The quantitative estimate of drug-likeness (QED) is 0.767. The average Bonchev–Trinajstić information content (AvgIpc) is 2.67. The van der Waals surface area contributed by atoms with Crippen LogP contribution in [0.15, 0.2) is 42.5 Å². The van der Waals surface area contributed by atoms with Gasteiger partial charge in [0.25, 0.3) is 0 Å². The van der Waals surface area contributed by atoms with Gasteiger partial charge in [0.1, 0.15) is 13.2 Å². The molecule has 1 aliphatic heterocycles. The van der Waals surface area contributed by atoms with Gasteiger partial charge in [-0.2, -0.15) is 0 Å². The van der Waals surface area contributed by atoms with Crippen LogP contribution in [0, 0.1) is 6.92 Å². The van der Waals surface area contributed by atoms with E-state index in [1.165, 1.54) is 0 Å². The summed E-state index contributed by atoms with van der Waals surface area (Å²) >= 11 is 0. The first-order valence-electron chi connectivity index (χ1n) is 8.41. The maximum atomic E-state index is 12.4. The topological polar surface area (TPSA) is 71.1 Å². The number of rotatable bonds is 5. The van der Waals surface area contributed by atoms with E-state index in [2.05, 4.69) is 0 Å². The number of esters is 2. The minimum Gasteiger partial charge on any atom is -0.485 e. The Bertz CT molecular complexity index is 799. The van der Waals surface area contributed by atoms with Gasteiger partial charge in [-0.1, -0.05) is 30.3 Å². The number of benzene rings is 2. The highest BCUT2D eigenvalue weighted by Crippen LogP contribution is 2.37. The molecule has 2 aromatic rings. The molecule has 2 aromatic carbocycles. The fourth-order valence-electron chi connectivity index (χ4n) is 2.66. The fraction of sp³-hybridized carbons (Fsp3) is 0.300. The Morgan fingerprint density at radius 3 is 2.62 bits per heavy atom. The minimum absolute atomic E-state index is 0.0369. The van der Waals surface area contributed by atoms with E-state index in [9.17, 15) is 9.59 Å². The molecule has 0 fully saturated rings. The second kappa shape index (κ2) is 7.91. The second-order valence-electron chi connectivity index (χ2n) is 5.80. The summed E-state index contributed by atoms with van der Waals surface area (Å²) in [6, 6.07) is 12.7. The molecule has 1 heterocycles. The van der Waals surface area contributed by atoms with Crippen molar-refractivity contribution in [1.29, 1.82) is 0 Å². The third kappa shape index (κ3) is 3.79. The molecule has 0 N–H and O–H groups in total. The van der Waals surface area contributed by atoms with E-state index in [1.807, 2.05) is 30.3 Å². The Morgan fingerprint density at radius 1 is 1.12 bits per heavy atom. The van der Waals surface area contributed by atoms with Crippen LogP contribution in [-0.2, 0) is 20.9 Å². The van der Waals surface area contributed by atoms with Crippen LogP contribution in [-0.4, -0.2) is 31.3 Å². The third-order valence-corrected chi connectivity index (χ3v) is 4.00. The van der Waals surface area contributed by atoms with Crippen molar-refractivity contribution in [3.63, 3.8) is 0 Å². The molecule has 0 unspecified atom stereocenters. The Kier molecular flexibility index (Phi) is 5.41. The van der Waals surface area contributed by atoms with E-state index < -0.39 is 18.0 Å². The normalized spacial score (nSPS) is 15.2. The number of hydrogen-bond donors (Lipinski definition) is 0. The molecule has 136 valence electrons. The van der Waals surface area contributed by atoms with E-state index in [1.54, 1.807) is 26.0 Å². The van der Waals surface area contributed by atoms with Crippen LogP contribution in [0.4, 0.5) is 0 Å². The standard InChI is InChI=1S/C20H20O6/c1-3-23-20(22)17-12-24-18-13(2)15(9-10-16(18)26-17)19(21)25-11-14-7-5-4-6-8-14/h4-10,17H,3,11-12H2,1-2H3/t17-/m1/s1. The summed E-state index contributed by atoms with van der Waals surface area (Å²) < 4.78 is 21.6. The first-order valence-corrected chi connectivity index (χ1v) is 8.41. The Hall–Kier alpha value is -3.02. The highest BCUT2D eigenvalue weighted by molar-refractivity contribution is 5.92. The van der Waals surface area contributed by atoms with Crippen LogP contribution in [0.3, 0.4) is 0 Å². The van der Waals surface area contributed by atoms with Crippen LogP contribution in [0.2, 0.25) is 0 Å². The SMILES string of the molecule is CCOC(=O)[C@H]1COc2c(ccc(C(=O)OCc3ccccc3)c2C)O1. The zero-order valence-corrected chi connectivity index (χ0v) is 14.7. The van der Waals surface area contributed by atoms with Gasteiger partial charge in [-0.15, -0.1) is 0 Å². The van der Waals surface area contributed by atoms with Gasteiger partial charge in [-0.05, 0) is 31.5 Å². The molecule has 6 heteroatoms.